The molecule has 0 aromatic heterocycles. The van der Waals surface area contributed by atoms with Gasteiger partial charge in [-0.2, -0.15) is 0 Å². The minimum absolute atomic E-state index is 0.254. The molecule has 0 unspecified atom stereocenters. The van der Waals surface area contributed by atoms with Crippen LogP contribution >= 0.6 is 0 Å². The van der Waals surface area contributed by atoms with Crippen LogP contribution in [0.4, 0.5) is 0 Å². The number of aliphatic hydroxyl groups excluding tert-OH is 1. The molecule has 1 aliphatic rings. The Morgan fingerprint density at radius 1 is 1.78 bits per heavy atom. The maximum absolute atomic E-state index is 8.72. The largest absolute Gasteiger partial charge is 0.395 e. The molecule has 0 amide bonds. The van der Waals surface area contributed by atoms with E-state index >= 15 is 0 Å². The van der Waals surface area contributed by atoms with Crippen LogP contribution in [-0.2, 0) is 0 Å². The highest BCUT2D eigenvalue weighted by molar-refractivity contribution is 4.75. The quantitative estimate of drug-likeness (QED) is 0.472. The number of hydrogen-bond acceptors (Lipinski definition) is 3. The fourth-order valence-corrected chi connectivity index (χ4v) is 1.11. The molecule has 0 spiro atoms. The molecule has 0 radical (unpaired) electrons. The summed E-state index contributed by atoms with van der Waals surface area (Å²) in [5.41, 5.74) is 0. The fraction of sp³-hybridized carbons (Fsp3) is 1.00. The van der Waals surface area contributed by atoms with Crippen molar-refractivity contribution in [3.63, 3.8) is 0 Å². The predicted molar refractivity (Wildman–Crippen MR) is 36.4 cm³/mol. The second kappa shape index (κ2) is 3.15. The van der Waals surface area contributed by atoms with Gasteiger partial charge in [0.1, 0.15) is 0 Å². The molecule has 0 aromatic rings. The van der Waals surface area contributed by atoms with Crippen molar-refractivity contribution in [3.8, 4) is 0 Å². The molecule has 3 heteroatoms. The van der Waals surface area contributed by atoms with Crippen LogP contribution in [-0.4, -0.2) is 49.3 Å². The Morgan fingerprint density at radius 2 is 2.56 bits per heavy atom. The van der Waals surface area contributed by atoms with Crippen molar-refractivity contribution in [1.29, 1.82) is 0 Å². The Kier molecular flexibility index (Phi) is 2.45. The molecule has 1 aliphatic heterocycles. The first-order valence-electron chi connectivity index (χ1n) is 3.35. The normalized spacial score (nSPS) is 30.7. The number of piperazine rings is 1. The molecule has 9 heavy (non-hydrogen) atoms. The van der Waals surface area contributed by atoms with Gasteiger partial charge in [0, 0.05) is 25.7 Å². The zero-order valence-electron chi connectivity index (χ0n) is 5.80. The molecule has 0 saturated carbocycles. The standard InChI is InChI=1S/C6H14N2O/c1-8-3-2-7-6(4-8)5-9/h6-7,9H,2-5H2,1H3/t6-/m1/s1. The molecule has 1 rings (SSSR count). The van der Waals surface area contributed by atoms with Crippen LogP contribution in [0, 0.1) is 0 Å². The van der Waals surface area contributed by atoms with Gasteiger partial charge in [-0.05, 0) is 7.05 Å². The lowest BCUT2D eigenvalue weighted by Gasteiger charge is -2.29. The van der Waals surface area contributed by atoms with E-state index in [4.69, 9.17) is 5.11 Å². The SMILES string of the molecule is CN1CCN[C@@H](CO)C1. The van der Waals surface area contributed by atoms with E-state index in [9.17, 15) is 0 Å². The minimum atomic E-state index is 0.254. The molecule has 1 fully saturated rings. The van der Waals surface area contributed by atoms with Crippen molar-refractivity contribution in [3.05, 3.63) is 0 Å². The van der Waals surface area contributed by atoms with Gasteiger partial charge in [0.25, 0.3) is 0 Å². The topological polar surface area (TPSA) is 35.5 Å². The van der Waals surface area contributed by atoms with Gasteiger partial charge in [0.15, 0.2) is 0 Å². The first-order chi connectivity index (χ1) is 4.33. The van der Waals surface area contributed by atoms with Crippen molar-refractivity contribution in [2.45, 2.75) is 6.04 Å². The van der Waals surface area contributed by atoms with E-state index in [0.29, 0.717) is 6.04 Å². The molecule has 54 valence electrons. The van der Waals surface area contributed by atoms with Gasteiger partial charge in [-0.15, -0.1) is 0 Å². The minimum Gasteiger partial charge on any atom is -0.395 e. The van der Waals surface area contributed by atoms with Crippen LogP contribution in [0.1, 0.15) is 0 Å². The summed E-state index contributed by atoms with van der Waals surface area (Å²) in [6.45, 7) is 3.32. The zero-order chi connectivity index (χ0) is 6.69. The third-order valence-electron chi connectivity index (χ3n) is 1.68. The molecule has 0 bridgehead atoms. The van der Waals surface area contributed by atoms with Crippen LogP contribution in [0.5, 0.6) is 0 Å². The number of likely N-dealkylation sites (N-methyl/N-ethyl adjacent to an activating group) is 1. The van der Waals surface area contributed by atoms with Gasteiger partial charge in [0.05, 0.1) is 6.61 Å². The lowest BCUT2D eigenvalue weighted by Crippen LogP contribution is -2.50. The summed E-state index contributed by atoms with van der Waals surface area (Å²) in [5.74, 6) is 0. The van der Waals surface area contributed by atoms with Gasteiger partial charge < -0.3 is 15.3 Å². The molecule has 1 heterocycles. The highest BCUT2D eigenvalue weighted by Gasteiger charge is 2.13. The molecule has 3 nitrogen and oxygen atoms in total. The van der Waals surface area contributed by atoms with Crippen molar-refractivity contribution >= 4 is 0 Å². The first kappa shape index (κ1) is 6.99. The van der Waals surface area contributed by atoms with Crippen LogP contribution in [0.2, 0.25) is 0 Å². The predicted octanol–water partition coefficient (Wildman–Crippen LogP) is -1.12. The van der Waals surface area contributed by atoms with Crippen molar-refractivity contribution in [2.24, 2.45) is 0 Å². The van der Waals surface area contributed by atoms with Gasteiger partial charge in [-0.3, -0.25) is 0 Å². The number of aliphatic hydroxyl groups is 1. The summed E-state index contributed by atoms with van der Waals surface area (Å²) in [6.07, 6.45) is 0. The van der Waals surface area contributed by atoms with E-state index in [0.717, 1.165) is 19.6 Å². The first-order valence-corrected chi connectivity index (χ1v) is 3.35. The molecule has 0 aliphatic carbocycles. The van der Waals surface area contributed by atoms with Crippen LogP contribution < -0.4 is 5.32 Å². The van der Waals surface area contributed by atoms with Gasteiger partial charge in [0.2, 0.25) is 0 Å². The summed E-state index contributed by atoms with van der Waals surface area (Å²) in [5, 5.41) is 11.9. The Morgan fingerprint density at radius 3 is 3.00 bits per heavy atom. The van der Waals surface area contributed by atoms with Crippen molar-refractivity contribution in [2.75, 3.05) is 33.3 Å². The number of nitrogens with one attached hydrogen (secondary N) is 1. The number of rotatable bonds is 1. The van der Waals surface area contributed by atoms with Crippen LogP contribution in [0.3, 0.4) is 0 Å². The molecule has 0 aromatic carbocycles. The van der Waals surface area contributed by atoms with E-state index < -0.39 is 0 Å². The molecular formula is C6H14N2O. The molecule has 2 N–H and O–H groups in total. The number of hydrogen-bond donors (Lipinski definition) is 2. The van der Waals surface area contributed by atoms with E-state index in [1.165, 1.54) is 0 Å². The van der Waals surface area contributed by atoms with Crippen LogP contribution in [0.15, 0.2) is 0 Å². The van der Waals surface area contributed by atoms with E-state index in [-0.39, 0.29) is 6.61 Å². The van der Waals surface area contributed by atoms with E-state index in [1.807, 2.05) is 0 Å². The monoisotopic (exact) mass is 130 g/mol. The maximum atomic E-state index is 8.72. The van der Waals surface area contributed by atoms with Gasteiger partial charge in [-0.1, -0.05) is 0 Å². The third kappa shape index (κ3) is 1.93. The van der Waals surface area contributed by atoms with Crippen LogP contribution in [0.25, 0.3) is 0 Å². The van der Waals surface area contributed by atoms with Gasteiger partial charge in [-0.25, -0.2) is 0 Å². The van der Waals surface area contributed by atoms with Gasteiger partial charge >= 0.3 is 0 Å². The highest BCUT2D eigenvalue weighted by Crippen LogP contribution is 1.93. The molecule has 1 atom stereocenters. The van der Waals surface area contributed by atoms with Crippen molar-refractivity contribution < 1.29 is 5.11 Å². The second-order valence-corrected chi connectivity index (χ2v) is 2.60. The smallest absolute Gasteiger partial charge is 0.0597 e. The zero-order valence-corrected chi connectivity index (χ0v) is 5.80. The van der Waals surface area contributed by atoms with Crippen molar-refractivity contribution in [1.82, 2.24) is 10.2 Å². The molecular weight excluding hydrogens is 116 g/mol. The fourth-order valence-electron chi connectivity index (χ4n) is 1.11. The Hall–Kier alpha value is -0.120. The maximum Gasteiger partial charge on any atom is 0.0597 e. The summed E-state index contributed by atoms with van der Waals surface area (Å²) in [4.78, 5) is 2.22. The third-order valence-corrected chi connectivity index (χ3v) is 1.68. The summed E-state index contributed by atoms with van der Waals surface area (Å²) in [6, 6.07) is 0.295. The van der Waals surface area contributed by atoms with E-state index in [1.54, 1.807) is 0 Å². The number of nitrogens with zero attached hydrogens (tertiary/aromatic N) is 1. The average molecular weight is 130 g/mol. The Labute approximate surface area is 55.7 Å². The summed E-state index contributed by atoms with van der Waals surface area (Å²) < 4.78 is 0. The lowest BCUT2D eigenvalue weighted by atomic mass is 10.2. The Balaban J connectivity index is 2.23. The summed E-state index contributed by atoms with van der Waals surface area (Å²) >= 11 is 0. The lowest BCUT2D eigenvalue weighted by molar-refractivity contribution is 0.168. The Bertz CT molecular complexity index is 87.1. The highest BCUT2D eigenvalue weighted by atomic mass is 16.3. The summed E-state index contributed by atoms with van der Waals surface area (Å²) in [7, 11) is 2.07. The van der Waals surface area contributed by atoms with E-state index in [2.05, 4.69) is 17.3 Å². The average Bonchev–Trinajstić information content (AvgIpc) is 1.88. The second-order valence-electron chi connectivity index (χ2n) is 2.60. The molecule has 1 saturated heterocycles.